The minimum absolute atomic E-state index is 0.0112. The van der Waals surface area contributed by atoms with Gasteiger partial charge in [0.25, 0.3) is 5.56 Å². The number of nitrogen functional groups attached to an aromatic ring is 2. The number of ether oxygens (including phenoxy) is 2. The molecule has 4 aromatic rings. The van der Waals surface area contributed by atoms with E-state index in [1.165, 1.54) is 28.1 Å². The summed E-state index contributed by atoms with van der Waals surface area (Å²) in [6.45, 7) is -1.41. The van der Waals surface area contributed by atoms with Crippen LogP contribution in [0.2, 0.25) is 0 Å². The molecule has 0 amide bonds. The van der Waals surface area contributed by atoms with E-state index < -0.39 is 83.4 Å². The Bertz CT molecular complexity index is 1940. The van der Waals surface area contributed by atoms with Crippen LogP contribution in [-0.4, -0.2) is 98.5 Å². The number of aromatic nitrogens is 8. The van der Waals surface area contributed by atoms with Crippen molar-refractivity contribution in [2.45, 2.75) is 49.0 Å². The summed E-state index contributed by atoms with van der Waals surface area (Å²) in [5.41, 5.74) is 24.1. The fourth-order valence-corrected chi connectivity index (χ4v) is 7.41. The van der Waals surface area contributed by atoms with E-state index in [2.05, 4.69) is 29.9 Å². The van der Waals surface area contributed by atoms with Crippen LogP contribution in [0.3, 0.4) is 0 Å². The zero-order chi connectivity index (χ0) is 31.8. The van der Waals surface area contributed by atoms with Crippen LogP contribution in [0.5, 0.6) is 0 Å². The first-order valence-corrected chi connectivity index (χ1v) is 16.1. The van der Waals surface area contributed by atoms with Gasteiger partial charge >= 0.3 is 15.6 Å². The minimum Gasteiger partial charge on any atom is -0.382 e. The number of anilines is 2. The molecule has 3 fully saturated rings. The maximum Gasteiger partial charge on any atom is 0.472 e. The van der Waals surface area contributed by atoms with Crippen LogP contribution in [-0.2, 0) is 36.7 Å². The fraction of sp³-hybridized carbons (Fsp3) is 0.500. The molecule has 45 heavy (non-hydrogen) atoms. The third kappa shape index (κ3) is 5.31. The quantitative estimate of drug-likeness (QED) is 0.109. The van der Waals surface area contributed by atoms with Gasteiger partial charge in [0.05, 0.1) is 38.0 Å². The summed E-state index contributed by atoms with van der Waals surface area (Å²) in [6, 6.07) is -2.43. The van der Waals surface area contributed by atoms with Gasteiger partial charge in [-0.2, -0.15) is 4.98 Å². The molecular formula is C20H26N12O11P2. The average molecular weight is 672 g/mol. The number of nitrogens with zero attached hydrogens (tertiary/aromatic N) is 7. The van der Waals surface area contributed by atoms with Gasteiger partial charge in [-0.05, 0) is 0 Å². The predicted octanol–water partition coefficient (Wildman–Crippen LogP) is -2.41. The number of hydrogen-bond donors (Lipinski definition) is 7. The van der Waals surface area contributed by atoms with Gasteiger partial charge in [-0.25, -0.2) is 29.1 Å². The zero-order valence-corrected chi connectivity index (χ0v) is 24.5. The van der Waals surface area contributed by atoms with Crippen LogP contribution in [0.25, 0.3) is 22.3 Å². The lowest BCUT2D eigenvalue weighted by atomic mass is 10.1. The van der Waals surface area contributed by atoms with Crippen molar-refractivity contribution in [2.75, 3.05) is 24.7 Å². The van der Waals surface area contributed by atoms with Crippen molar-refractivity contribution in [3.63, 3.8) is 0 Å². The first kappa shape index (κ1) is 30.2. The molecule has 0 spiro atoms. The van der Waals surface area contributed by atoms with Crippen molar-refractivity contribution < 1.29 is 46.5 Å². The third-order valence-electron chi connectivity index (χ3n) is 7.48. The van der Waals surface area contributed by atoms with Crippen molar-refractivity contribution in [1.29, 1.82) is 0 Å². The number of phosphoric acid groups is 2. The van der Waals surface area contributed by atoms with Gasteiger partial charge in [-0.15, -0.1) is 0 Å². The van der Waals surface area contributed by atoms with E-state index >= 15 is 0 Å². The summed E-state index contributed by atoms with van der Waals surface area (Å²) in [5.74, 6) is -0.128. The topological polar surface area (TPSA) is 341 Å². The van der Waals surface area contributed by atoms with E-state index in [9.17, 15) is 23.7 Å². The molecule has 4 aromatic heterocycles. The first-order chi connectivity index (χ1) is 21.3. The summed E-state index contributed by atoms with van der Waals surface area (Å²) in [4.78, 5) is 56.2. The summed E-state index contributed by atoms with van der Waals surface area (Å²) in [5, 5.41) is 0. The highest BCUT2D eigenvalue weighted by atomic mass is 31.2. The molecule has 3 saturated heterocycles. The second kappa shape index (κ2) is 10.8. The van der Waals surface area contributed by atoms with Crippen molar-refractivity contribution in [3.05, 3.63) is 29.3 Å². The largest absolute Gasteiger partial charge is 0.472 e. The number of fused-ring (bicyclic) bond motifs is 4. The molecule has 11 N–H and O–H groups in total. The van der Waals surface area contributed by atoms with Gasteiger partial charge in [0.15, 0.2) is 35.1 Å². The van der Waals surface area contributed by atoms with E-state index in [1.807, 2.05) is 0 Å². The van der Waals surface area contributed by atoms with Crippen molar-refractivity contribution in [3.8, 4) is 0 Å². The van der Waals surface area contributed by atoms with Gasteiger partial charge in [0.1, 0.15) is 36.3 Å². The molecule has 7 rings (SSSR count). The van der Waals surface area contributed by atoms with Crippen molar-refractivity contribution in [2.24, 2.45) is 11.5 Å². The lowest BCUT2D eigenvalue weighted by Crippen LogP contribution is -2.43. The van der Waals surface area contributed by atoms with Crippen LogP contribution in [0.15, 0.2) is 23.8 Å². The number of imidazole rings is 2. The molecule has 0 bridgehead atoms. The molecule has 0 aliphatic carbocycles. The first-order valence-electron chi connectivity index (χ1n) is 13.1. The van der Waals surface area contributed by atoms with Crippen molar-refractivity contribution in [1.82, 2.24) is 39.0 Å². The summed E-state index contributed by atoms with van der Waals surface area (Å²) < 4.78 is 62.2. The molecule has 0 radical (unpaired) electrons. The molecule has 10 atom stereocenters. The second-order valence-corrected chi connectivity index (χ2v) is 13.1. The van der Waals surface area contributed by atoms with E-state index in [0.29, 0.717) is 0 Å². The second-order valence-electron chi connectivity index (χ2n) is 10.3. The van der Waals surface area contributed by atoms with Crippen LogP contribution in [0.4, 0.5) is 11.8 Å². The van der Waals surface area contributed by atoms with Gasteiger partial charge in [0.2, 0.25) is 5.95 Å². The van der Waals surface area contributed by atoms with Crippen LogP contribution < -0.4 is 28.5 Å². The lowest BCUT2D eigenvalue weighted by Gasteiger charge is -2.28. The maximum absolute atomic E-state index is 13.2. The predicted molar refractivity (Wildman–Crippen MR) is 147 cm³/mol. The Hall–Kier alpha value is -3.44. The summed E-state index contributed by atoms with van der Waals surface area (Å²) >= 11 is 0. The number of nitrogens with two attached hydrogens (primary N) is 4. The molecule has 25 heteroatoms. The Morgan fingerprint density at radius 3 is 1.93 bits per heavy atom. The Morgan fingerprint density at radius 2 is 1.36 bits per heavy atom. The third-order valence-corrected chi connectivity index (χ3v) is 9.45. The normalized spacial score (nSPS) is 37.7. The van der Waals surface area contributed by atoms with E-state index in [4.69, 9.17) is 50.5 Å². The molecule has 0 aromatic carbocycles. The lowest BCUT2D eigenvalue weighted by molar-refractivity contribution is -0.0661. The fourth-order valence-electron chi connectivity index (χ4n) is 5.45. The number of H-pyrrole nitrogens is 1. The number of phosphoric ester groups is 2. The molecule has 242 valence electrons. The Morgan fingerprint density at radius 1 is 0.822 bits per heavy atom. The minimum atomic E-state index is -4.93. The molecule has 10 unspecified atom stereocenters. The highest BCUT2D eigenvalue weighted by molar-refractivity contribution is 7.47. The molecular weight excluding hydrogens is 646 g/mol. The number of hydrogen-bond acceptors (Lipinski definition) is 18. The van der Waals surface area contributed by atoms with Gasteiger partial charge < -0.3 is 42.2 Å². The number of rotatable bonds is 2. The highest BCUT2D eigenvalue weighted by Gasteiger charge is 2.53. The monoisotopic (exact) mass is 672 g/mol. The molecule has 0 saturated carbocycles. The smallest absolute Gasteiger partial charge is 0.382 e. The van der Waals surface area contributed by atoms with Crippen molar-refractivity contribution >= 4 is 49.7 Å². The zero-order valence-electron chi connectivity index (χ0n) is 22.7. The molecule has 3 aliphatic heterocycles. The Labute approximate surface area is 250 Å². The maximum atomic E-state index is 13.2. The summed E-state index contributed by atoms with van der Waals surface area (Å²) in [7, 11) is -9.86. The van der Waals surface area contributed by atoms with Gasteiger partial charge in [0, 0.05) is 0 Å². The molecule has 7 heterocycles. The molecule has 23 nitrogen and oxygen atoms in total. The SMILES string of the molecule is Nc1nc2c(ncn2C2OC3COP(=O)(O)OC4C(COP(=O)(O)OC3C2N)OC(n2cnc3c(N)ncnc32)C4N)c(=O)[nH]1. The van der Waals surface area contributed by atoms with Crippen LogP contribution >= 0.6 is 15.6 Å². The van der Waals surface area contributed by atoms with Crippen LogP contribution in [0.1, 0.15) is 12.5 Å². The highest BCUT2D eigenvalue weighted by Crippen LogP contribution is 2.53. The molecule has 3 aliphatic rings. The summed E-state index contributed by atoms with van der Waals surface area (Å²) in [6.07, 6.45) is -4.11. The average Bonchev–Trinajstić information content (AvgIpc) is 3.72. The van der Waals surface area contributed by atoms with Gasteiger partial charge in [-0.3, -0.25) is 37.0 Å². The van der Waals surface area contributed by atoms with E-state index in [0.717, 1.165) is 0 Å². The number of nitrogens with one attached hydrogen (secondary N) is 1. The van der Waals surface area contributed by atoms with Crippen LogP contribution in [0, 0.1) is 0 Å². The van der Waals surface area contributed by atoms with E-state index in [-0.39, 0.29) is 34.1 Å². The van der Waals surface area contributed by atoms with Gasteiger partial charge in [-0.1, -0.05) is 0 Å². The van der Waals surface area contributed by atoms with E-state index in [1.54, 1.807) is 0 Å². The standard InChI is InChI=1S/C20H26N12O11P2/c21-8-12-6(40-18(8)31-4-27-10-14(23)25-3-26-15(10)31)1-38-45(36,37)43-13-7(2-39-44(34,35)42-12)41-19(9(13)22)32-5-28-11-16(32)29-20(24)30-17(11)33/h3-9,12-13,18-19H,1-2,21-22H2,(H,34,35)(H,36,37)(H2,23,25,26)(H3,24,29,30,33). The Kier molecular flexibility index (Phi) is 7.27. The Balaban J connectivity index is 1.17. The number of aromatic amines is 1.